The van der Waals surface area contributed by atoms with E-state index in [-0.39, 0.29) is 29.9 Å². The molecule has 0 heterocycles. The molecule has 2 N–H and O–H groups in total. The Morgan fingerprint density at radius 3 is 2.17 bits per heavy atom. The van der Waals surface area contributed by atoms with Gasteiger partial charge in [-0.1, -0.05) is 24.3 Å². The van der Waals surface area contributed by atoms with Gasteiger partial charge in [0.2, 0.25) is 0 Å². The maximum Gasteiger partial charge on any atom is 0.253 e. The van der Waals surface area contributed by atoms with Crippen molar-refractivity contribution in [1.82, 2.24) is 15.5 Å². The highest BCUT2D eigenvalue weighted by Gasteiger charge is 2.07. The topological polar surface area (TPSA) is 66.0 Å². The molecule has 6 nitrogen and oxygen atoms in total. The van der Waals surface area contributed by atoms with Gasteiger partial charge in [-0.25, -0.2) is 0 Å². The van der Waals surface area contributed by atoms with Crippen LogP contribution in [0.3, 0.4) is 0 Å². The van der Waals surface area contributed by atoms with Crippen LogP contribution in [0.1, 0.15) is 27.9 Å². The van der Waals surface area contributed by atoms with Gasteiger partial charge in [-0.15, -0.1) is 24.0 Å². The largest absolute Gasteiger partial charge is 0.497 e. The molecule has 158 valence electrons. The first-order valence-electron chi connectivity index (χ1n) is 9.41. The predicted octanol–water partition coefficient (Wildman–Crippen LogP) is 3.31. The van der Waals surface area contributed by atoms with E-state index in [0.717, 1.165) is 36.7 Å². The Hall–Kier alpha value is -2.29. The molecule has 0 aromatic heterocycles. The predicted molar refractivity (Wildman–Crippen MR) is 129 cm³/mol. The summed E-state index contributed by atoms with van der Waals surface area (Å²) in [6.07, 6.45) is 2.00. The number of rotatable bonds is 8. The summed E-state index contributed by atoms with van der Waals surface area (Å²) in [7, 11) is 6.94. The van der Waals surface area contributed by atoms with Crippen molar-refractivity contribution in [3.05, 3.63) is 65.2 Å². The van der Waals surface area contributed by atoms with Crippen LogP contribution in [0.4, 0.5) is 0 Å². The molecular weight excluding hydrogens is 479 g/mol. The van der Waals surface area contributed by atoms with Crippen LogP contribution >= 0.6 is 24.0 Å². The van der Waals surface area contributed by atoms with Crippen LogP contribution in [0.2, 0.25) is 0 Å². The summed E-state index contributed by atoms with van der Waals surface area (Å²) in [5.74, 6) is 1.66. The van der Waals surface area contributed by atoms with E-state index in [9.17, 15) is 4.79 Å². The molecule has 0 radical (unpaired) electrons. The van der Waals surface area contributed by atoms with Crippen LogP contribution in [0.25, 0.3) is 0 Å². The molecule has 0 unspecified atom stereocenters. The molecule has 7 heteroatoms. The number of nitrogens with zero attached hydrogens (tertiary/aromatic N) is 2. The maximum absolute atomic E-state index is 11.9. The number of carbonyl (C=O) groups is 1. The van der Waals surface area contributed by atoms with Crippen LogP contribution in [0.5, 0.6) is 5.75 Å². The zero-order valence-electron chi connectivity index (χ0n) is 17.6. The second-order valence-electron chi connectivity index (χ2n) is 6.70. The van der Waals surface area contributed by atoms with Gasteiger partial charge in [0, 0.05) is 39.8 Å². The van der Waals surface area contributed by atoms with Crippen molar-refractivity contribution in [3.8, 4) is 5.75 Å². The van der Waals surface area contributed by atoms with E-state index < -0.39 is 0 Å². The smallest absolute Gasteiger partial charge is 0.253 e. The lowest BCUT2D eigenvalue weighted by Crippen LogP contribution is -2.37. The van der Waals surface area contributed by atoms with E-state index in [1.807, 2.05) is 36.4 Å². The molecule has 0 fully saturated rings. The van der Waals surface area contributed by atoms with E-state index in [1.165, 1.54) is 5.56 Å². The fourth-order valence-electron chi connectivity index (χ4n) is 2.72. The SMILES string of the molecule is CN=C(NCCCc1ccc(OC)cc1)NCc1ccc(C(=O)N(C)C)cc1.I. The van der Waals surface area contributed by atoms with Crippen molar-refractivity contribution >= 4 is 35.8 Å². The Morgan fingerprint density at radius 1 is 1.00 bits per heavy atom. The third-order valence-electron chi connectivity index (χ3n) is 4.38. The number of guanidine groups is 1. The Kier molecular flexibility index (Phi) is 11.1. The number of nitrogens with one attached hydrogen (secondary N) is 2. The molecule has 0 saturated heterocycles. The van der Waals surface area contributed by atoms with Gasteiger partial charge in [-0.2, -0.15) is 0 Å². The number of amides is 1. The first kappa shape index (κ1) is 24.7. The molecule has 2 aromatic carbocycles. The highest BCUT2D eigenvalue weighted by molar-refractivity contribution is 14.0. The van der Waals surface area contributed by atoms with E-state index in [1.54, 1.807) is 33.2 Å². The minimum atomic E-state index is 0. The summed E-state index contributed by atoms with van der Waals surface area (Å²) in [5.41, 5.74) is 3.07. The van der Waals surface area contributed by atoms with Crippen LogP contribution < -0.4 is 15.4 Å². The standard InChI is InChI=1S/C22H30N4O2.HI/c1-23-22(24-15-5-6-17-9-13-20(28-4)14-10-17)25-16-18-7-11-19(12-8-18)21(27)26(2)3;/h7-14H,5-6,15-16H2,1-4H3,(H2,23,24,25);1H. The van der Waals surface area contributed by atoms with Gasteiger partial charge in [0.15, 0.2) is 5.96 Å². The first-order valence-corrected chi connectivity index (χ1v) is 9.41. The molecule has 2 aromatic rings. The molecule has 29 heavy (non-hydrogen) atoms. The minimum absolute atomic E-state index is 0. The second-order valence-corrected chi connectivity index (χ2v) is 6.70. The van der Waals surface area contributed by atoms with Gasteiger partial charge >= 0.3 is 0 Å². The van der Waals surface area contributed by atoms with Crippen molar-refractivity contribution in [1.29, 1.82) is 0 Å². The third-order valence-corrected chi connectivity index (χ3v) is 4.38. The number of methoxy groups -OCH3 is 1. The minimum Gasteiger partial charge on any atom is -0.497 e. The highest BCUT2D eigenvalue weighted by Crippen LogP contribution is 2.12. The van der Waals surface area contributed by atoms with Gasteiger partial charge in [0.25, 0.3) is 5.91 Å². The van der Waals surface area contributed by atoms with Crippen molar-refractivity contribution in [2.45, 2.75) is 19.4 Å². The fourth-order valence-corrected chi connectivity index (χ4v) is 2.72. The Balaban J connectivity index is 0.00000420. The molecule has 0 aliphatic rings. The second kappa shape index (κ2) is 13.0. The van der Waals surface area contributed by atoms with Crippen LogP contribution in [0.15, 0.2) is 53.5 Å². The van der Waals surface area contributed by atoms with Crippen LogP contribution in [-0.2, 0) is 13.0 Å². The summed E-state index contributed by atoms with van der Waals surface area (Å²) in [5, 5.41) is 6.63. The molecule has 0 bridgehead atoms. The van der Waals surface area contributed by atoms with E-state index in [0.29, 0.717) is 12.1 Å². The number of hydrogen-bond donors (Lipinski definition) is 2. The van der Waals surface area contributed by atoms with Gasteiger partial charge in [-0.05, 0) is 48.2 Å². The third kappa shape index (κ3) is 8.31. The summed E-state index contributed by atoms with van der Waals surface area (Å²) < 4.78 is 5.18. The lowest BCUT2D eigenvalue weighted by atomic mass is 10.1. The Morgan fingerprint density at radius 2 is 1.62 bits per heavy atom. The van der Waals surface area contributed by atoms with Crippen molar-refractivity contribution in [2.75, 3.05) is 34.8 Å². The van der Waals surface area contributed by atoms with E-state index >= 15 is 0 Å². The summed E-state index contributed by atoms with van der Waals surface area (Å²) in [6.45, 7) is 1.48. The summed E-state index contributed by atoms with van der Waals surface area (Å²) >= 11 is 0. The molecule has 0 spiro atoms. The summed E-state index contributed by atoms with van der Waals surface area (Å²) in [4.78, 5) is 17.8. The van der Waals surface area contributed by atoms with E-state index in [2.05, 4.69) is 27.8 Å². The molecular formula is C22H31IN4O2. The number of aryl methyl sites for hydroxylation is 1. The normalized spacial score (nSPS) is 10.7. The van der Waals surface area contributed by atoms with Crippen molar-refractivity contribution < 1.29 is 9.53 Å². The quantitative estimate of drug-likeness (QED) is 0.248. The first-order chi connectivity index (χ1) is 13.5. The zero-order valence-corrected chi connectivity index (χ0v) is 19.9. The molecule has 0 atom stereocenters. The lowest BCUT2D eigenvalue weighted by molar-refractivity contribution is 0.0827. The lowest BCUT2D eigenvalue weighted by Gasteiger charge is -2.13. The molecule has 0 aliphatic heterocycles. The number of carbonyl (C=O) groups excluding carboxylic acids is 1. The van der Waals surface area contributed by atoms with Crippen molar-refractivity contribution in [2.24, 2.45) is 4.99 Å². The monoisotopic (exact) mass is 510 g/mol. The van der Waals surface area contributed by atoms with Gasteiger partial charge in [-0.3, -0.25) is 9.79 Å². The Bertz CT molecular complexity index is 774. The number of hydrogen-bond acceptors (Lipinski definition) is 3. The molecule has 1 amide bonds. The average Bonchev–Trinajstić information content (AvgIpc) is 2.73. The Labute approximate surface area is 190 Å². The number of benzene rings is 2. The number of ether oxygens (including phenoxy) is 1. The van der Waals surface area contributed by atoms with Crippen LogP contribution in [0, 0.1) is 0 Å². The molecule has 0 saturated carbocycles. The molecule has 2 rings (SSSR count). The van der Waals surface area contributed by atoms with Crippen molar-refractivity contribution in [3.63, 3.8) is 0 Å². The maximum atomic E-state index is 11.9. The van der Waals surface area contributed by atoms with Gasteiger partial charge in [0.1, 0.15) is 5.75 Å². The zero-order chi connectivity index (χ0) is 20.4. The summed E-state index contributed by atoms with van der Waals surface area (Å²) in [6, 6.07) is 15.8. The molecule has 0 aliphatic carbocycles. The number of aliphatic imine (C=N–C) groups is 1. The number of halogens is 1. The van der Waals surface area contributed by atoms with Gasteiger partial charge < -0.3 is 20.3 Å². The highest BCUT2D eigenvalue weighted by atomic mass is 127. The van der Waals surface area contributed by atoms with Crippen LogP contribution in [-0.4, -0.2) is 51.6 Å². The van der Waals surface area contributed by atoms with E-state index in [4.69, 9.17) is 4.74 Å². The fraction of sp³-hybridized carbons (Fsp3) is 0.364. The van der Waals surface area contributed by atoms with Gasteiger partial charge in [0.05, 0.1) is 7.11 Å². The average molecular weight is 510 g/mol.